The number of halogens is 2. The van der Waals surface area contributed by atoms with Crippen LogP contribution in [0.1, 0.15) is 12.8 Å². The number of nitrogens with one attached hydrogen (secondary N) is 1. The molecule has 0 radical (unpaired) electrons. The van der Waals surface area contributed by atoms with E-state index in [9.17, 15) is 9.18 Å². The summed E-state index contributed by atoms with van der Waals surface area (Å²) in [6.07, 6.45) is 0.529. The Hall–Kier alpha value is -1.37. The molecule has 0 bridgehead atoms. The maximum atomic E-state index is 13.2. The van der Waals surface area contributed by atoms with E-state index in [1.54, 1.807) is 6.07 Å². The minimum atomic E-state index is -0.541. The zero-order valence-corrected chi connectivity index (χ0v) is 10.8. The molecule has 104 valence electrons. The quantitative estimate of drug-likeness (QED) is 0.499. The lowest BCUT2D eigenvalue weighted by Gasteiger charge is -2.13. The molecule has 1 fully saturated rings. The molecule has 0 saturated carbocycles. The van der Waals surface area contributed by atoms with Gasteiger partial charge in [0.25, 0.3) is 5.91 Å². The normalized spacial score (nSPS) is 22.3. The van der Waals surface area contributed by atoms with Crippen molar-refractivity contribution in [2.24, 2.45) is 5.84 Å². The zero-order valence-electron chi connectivity index (χ0n) is 10.1. The van der Waals surface area contributed by atoms with Gasteiger partial charge in [-0.3, -0.25) is 10.2 Å². The number of carbonyl (C=O) groups is 1. The first kappa shape index (κ1) is 14.0. The highest BCUT2D eigenvalue weighted by molar-refractivity contribution is 6.30. The van der Waals surface area contributed by atoms with Crippen LogP contribution in [0.4, 0.5) is 4.39 Å². The van der Waals surface area contributed by atoms with Gasteiger partial charge >= 0.3 is 0 Å². The molecule has 1 aromatic carbocycles. The van der Waals surface area contributed by atoms with E-state index in [1.807, 2.05) is 5.43 Å². The number of ether oxygens (including phenoxy) is 2. The molecule has 2 unspecified atom stereocenters. The summed E-state index contributed by atoms with van der Waals surface area (Å²) in [7, 11) is 0. The number of carbonyl (C=O) groups excluding carboxylic acids is 1. The molecule has 7 heteroatoms. The van der Waals surface area contributed by atoms with Crippen LogP contribution in [0.5, 0.6) is 5.75 Å². The fraction of sp³-hybridized carbons (Fsp3) is 0.417. The largest absolute Gasteiger partial charge is 0.491 e. The third-order valence-electron chi connectivity index (χ3n) is 2.87. The monoisotopic (exact) mass is 288 g/mol. The Balaban J connectivity index is 1.83. The van der Waals surface area contributed by atoms with Gasteiger partial charge in [-0.25, -0.2) is 10.2 Å². The number of amides is 1. The predicted molar refractivity (Wildman–Crippen MR) is 67.1 cm³/mol. The average Bonchev–Trinajstić information content (AvgIpc) is 2.88. The minimum absolute atomic E-state index is 0.0455. The highest BCUT2D eigenvalue weighted by Crippen LogP contribution is 2.23. The van der Waals surface area contributed by atoms with E-state index >= 15 is 0 Å². The number of benzene rings is 1. The summed E-state index contributed by atoms with van der Waals surface area (Å²) < 4.78 is 24.0. The standard InChI is InChI=1S/C12H14ClFN2O3/c13-9-3-1-7(5-10(9)14)18-6-8-2-4-11(19-8)12(17)16-15/h1,3,5,8,11H,2,4,6,15H2,(H,16,17). The maximum Gasteiger partial charge on any atom is 0.263 e. The molecule has 0 aliphatic carbocycles. The number of rotatable bonds is 4. The molecule has 5 nitrogen and oxygen atoms in total. The van der Waals surface area contributed by atoms with Crippen LogP contribution in [0.3, 0.4) is 0 Å². The van der Waals surface area contributed by atoms with E-state index in [2.05, 4.69) is 0 Å². The van der Waals surface area contributed by atoms with Crippen LogP contribution in [-0.2, 0) is 9.53 Å². The third kappa shape index (κ3) is 3.56. The molecule has 2 rings (SSSR count). The van der Waals surface area contributed by atoms with Gasteiger partial charge in [-0.2, -0.15) is 0 Å². The summed E-state index contributed by atoms with van der Waals surface area (Å²) in [4.78, 5) is 11.2. The first-order valence-electron chi connectivity index (χ1n) is 5.84. The SMILES string of the molecule is NNC(=O)C1CCC(COc2ccc(Cl)c(F)c2)O1. The molecule has 1 amide bonds. The second-order valence-electron chi connectivity index (χ2n) is 4.22. The van der Waals surface area contributed by atoms with Crippen molar-refractivity contribution < 1.29 is 18.7 Å². The highest BCUT2D eigenvalue weighted by Gasteiger charge is 2.30. The summed E-state index contributed by atoms with van der Waals surface area (Å²) in [5.74, 6) is 4.52. The summed E-state index contributed by atoms with van der Waals surface area (Å²) in [6, 6.07) is 4.21. The lowest BCUT2D eigenvalue weighted by Crippen LogP contribution is -2.39. The van der Waals surface area contributed by atoms with Gasteiger partial charge in [0.2, 0.25) is 0 Å². The van der Waals surface area contributed by atoms with Crippen molar-refractivity contribution >= 4 is 17.5 Å². The van der Waals surface area contributed by atoms with Gasteiger partial charge in [-0.1, -0.05) is 11.6 Å². The zero-order chi connectivity index (χ0) is 13.8. The molecular formula is C12H14ClFN2O3. The molecule has 2 atom stereocenters. The van der Waals surface area contributed by atoms with E-state index in [-0.39, 0.29) is 23.6 Å². The van der Waals surface area contributed by atoms with Crippen LogP contribution in [0, 0.1) is 5.82 Å². The summed E-state index contributed by atoms with van der Waals surface area (Å²) in [5.41, 5.74) is 2.05. The Labute approximate surface area is 114 Å². The van der Waals surface area contributed by atoms with Crippen molar-refractivity contribution in [3.63, 3.8) is 0 Å². The van der Waals surface area contributed by atoms with E-state index in [0.29, 0.717) is 18.6 Å². The number of hydrazine groups is 1. The molecule has 1 aliphatic rings. The summed E-state index contributed by atoms with van der Waals surface area (Å²) in [5, 5.41) is 0.0455. The van der Waals surface area contributed by atoms with Gasteiger partial charge in [0, 0.05) is 6.07 Å². The van der Waals surface area contributed by atoms with Gasteiger partial charge in [-0.15, -0.1) is 0 Å². The van der Waals surface area contributed by atoms with Crippen LogP contribution in [0.15, 0.2) is 18.2 Å². The Morgan fingerprint density at radius 2 is 2.37 bits per heavy atom. The van der Waals surface area contributed by atoms with Crippen molar-refractivity contribution in [2.45, 2.75) is 25.0 Å². The molecule has 1 heterocycles. The highest BCUT2D eigenvalue weighted by atomic mass is 35.5. The lowest BCUT2D eigenvalue weighted by atomic mass is 10.2. The number of hydrogen-bond donors (Lipinski definition) is 2. The smallest absolute Gasteiger partial charge is 0.263 e. The lowest BCUT2D eigenvalue weighted by molar-refractivity contribution is -0.132. The summed E-state index contributed by atoms with van der Waals surface area (Å²) >= 11 is 5.57. The minimum Gasteiger partial charge on any atom is -0.491 e. The Morgan fingerprint density at radius 1 is 1.58 bits per heavy atom. The topological polar surface area (TPSA) is 73.6 Å². The van der Waals surface area contributed by atoms with Crippen LogP contribution < -0.4 is 16.0 Å². The Morgan fingerprint density at radius 3 is 3.05 bits per heavy atom. The van der Waals surface area contributed by atoms with Gasteiger partial charge in [0.15, 0.2) is 0 Å². The van der Waals surface area contributed by atoms with Crippen molar-refractivity contribution in [1.29, 1.82) is 0 Å². The Bertz CT molecular complexity index is 472. The molecule has 3 N–H and O–H groups in total. The second kappa shape index (κ2) is 6.18. The number of hydrogen-bond acceptors (Lipinski definition) is 4. The van der Waals surface area contributed by atoms with Gasteiger partial charge in [0.05, 0.1) is 11.1 Å². The fourth-order valence-electron chi connectivity index (χ4n) is 1.87. The molecule has 1 aromatic rings. The van der Waals surface area contributed by atoms with Crippen LogP contribution in [0.2, 0.25) is 5.02 Å². The van der Waals surface area contributed by atoms with Crippen LogP contribution in [0.25, 0.3) is 0 Å². The van der Waals surface area contributed by atoms with E-state index < -0.39 is 11.9 Å². The molecular weight excluding hydrogens is 275 g/mol. The van der Waals surface area contributed by atoms with Gasteiger partial charge < -0.3 is 9.47 Å². The van der Waals surface area contributed by atoms with Crippen molar-refractivity contribution in [3.05, 3.63) is 29.0 Å². The van der Waals surface area contributed by atoms with Crippen molar-refractivity contribution in [3.8, 4) is 5.75 Å². The maximum absolute atomic E-state index is 13.2. The van der Waals surface area contributed by atoms with E-state index in [1.165, 1.54) is 12.1 Å². The summed E-state index contributed by atoms with van der Waals surface area (Å²) in [6.45, 7) is 0.245. The van der Waals surface area contributed by atoms with Gasteiger partial charge in [0.1, 0.15) is 24.3 Å². The molecule has 0 spiro atoms. The van der Waals surface area contributed by atoms with Crippen LogP contribution >= 0.6 is 11.6 Å². The first-order valence-corrected chi connectivity index (χ1v) is 6.21. The van der Waals surface area contributed by atoms with Crippen LogP contribution in [-0.4, -0.2) is 24.7 Å². The molecule has 1 saturated heterocycles. The van der Waals surface area contributed by atoms with E-state index in [0.717, 1.165) is 0 Å². The van der Waals surface area contributed by atoms with Crippen molar-refractivity contribution in [1.82, 2.24) is 5.43 Å². The number of nitrogens with two attached hydrogens (primary N) is 1. The third-order valence-corrected chi connectivity index (χ3v) is 3.18. The Kier molecular flexibility index (Phi) is 4.57. The molecule has 0 aromatic heterocycles. The first-order chi connectivity index (χ1) is 9.10. The average molecular weight is 289 g/mol. The fourth-order valence-corrected chi connectivity index (χ4v) is 1.99. The second-order valence-corrected chi connectivity index (χ2v) is 4.63. The molecule has 1 aliphatic heterocycles. The van der Waals surface area contributed by atoms with E-state index in [4.69, 9.17) is 26.9 Å². The predicted octanol–water partition coefficient (Wildman–Crippen LogP) is 1.40. The molecule has 19 heavy (non-hydrogen) atoms. The van der Waals surface area contributed by atoms with Gasteiger partial charge in [-0.05, 0) is 25.0 Å². The van der Waals surface area contributed by atoms with Crippen molar-refractivity contribution in [2.75, 3.05) is 6.61 Å².